The molecular weight excluding hydrogens is 417 g/mol. The monoisotopic (exact) mass is 437 g/mol. The third-order valence-electron chi connectivity index (χ3n) is 4.24. The van der Waals surface area contributed by atoms with E-state index in [1.54, 1.807) is 16.9 Å². The van der Waals surface area contributed by atoms with Crippen molar-refractivity contribution >= 4 is 17.4 Å². The van der Waals surface area contributed by atoms with E-state index in [1.807, 2.05) is 20.8 Å². The van der Waals surface area contributed by atoms with E-state index in [4.69, 9.17) is 4.74 Å². The van der Waals surface area contributed by atoms with Gasteiger partial charge in [-0.15, -0.1) is 10.2 Å². The molecule has 0 saturated carbocycles. The zero-order valence-corrected chi connectivity index (χ0v) is 17.5. The number of H-pyrrole nitrogens is 1. The summed E-state index contributed by atoms with van der Waals surface area (Å²) in [5, 5.41) is 16.9. The van der Waals surface area contributed by atoms with Gasteiger partial charge in [-0.3, -0.25) is 4.68 Å². The molecule has 164 valence electrons. The standard InChI is InChI=1S/C20H20FN9O2/c1-20(2,3)30-9-12(8-26-30)27-19(31)28-15-6-13(4-5-14(15)21)32-17-7-16(22-10-23-17)18-24-11-25-29-18/h4-11H,1-3H3,(H,24,25,29)(H2,27,28,31). The fourth-order valence-corrected chi connectivity index (χ4v) is 2.68. The van der Waals surface area contributed by atoms with E-state index in [9.17, 15) is 9.18 Å². The number of hydrogen-bond donors (Lipinski definition) is 3. The van der Waals surface area contributed by atoms with Crippen LogP contribution in [-0.4, -0.2) is 41.0 Å². The van der Waals surface area contributed by atoms with Crippen LogP contribution >= 0.6 is 0 Å². The van der Waals surface area contributed by atoms with E-state index in [1.165, 1.54) is 37.1 Å². The van der Waals surface area contributed by atoms with Crippen molar-refractivity contribution in [1.82, 2.24) is 34.9 Å². The van der Waals surface area contributed by atoms with Crippen LogP contribution in [0, 0.1) is 5.82 Å². The van der Waals surface area contributed by atoms with Crippen LogP contribution in [0.5, 0.6) is 11.6 Å². The predicted molar refractivity (Wildman–Crippen MR) is 114 cm³/mol. The number of nitrogens with zero attached hydrogens (tertiary/aromatic N) is 6. The second-order valence-electron chi connectivity index (χ2n) is 7.75. The van der Waals surface area contributed by atoms with Crippen molar-refractivity contribution < 1.29 is 13.9 Å². The van der Waals surface area contributed by atoms with Gasteiger partial charge in [0, 0.05) is 18.3 Å². The highest BCUT2D eigenvalue weighted by Gasteiger charge is 2.16. The average Bonchev–Trinajstić information content (AvgIpc) is 3.43. The number of ether oxygens (including phenoxy) is 1. The van der Waals surface area contributed by atoms with Crippen LogP contribution in [0.25, 0.3) is 11.5 Å². The Kier molecular flexibility index (Phi) is 5.50. The van der Waals surface area contributed by atoms with Gasteiger partial charge >= 0.3 is 6.03 Å². The van der Waals surface area contributed by atoms with E-state index in [0.29, 0.717) is 17.2 Å². The molecule has 0 fully saturated rings. The molecule has 11 nitrogen and oxygen atoms in total. The summed E-state index contributed by atoms with van der Waals surface area (Å²) < 4.78 is 21.7. The van der Waals surface area contributed by atoms with Gasteiger partial charge in [-0.1, -0.05) is 0 Å². The Morgan fingerprint density at radius 3 is 2.75 bits per heavy atom. The number of amides is 2. The molecule has 0 unspecified atom stereocenters. The summed E-state index contributed by atoms with van der Waals surface area (Å²) in [6.45, 7) is 5.95. The van der Waals surface area contributed by atoms with Crippen molar-refractivity contribution in [3.8, 4) is 23.1 Å². The molecule has 0 aliphatic heterocycles. The number of nitrogens with one attached hydrogen (secondary N) is 3. The third kappa shape index (κ3) is 4.86. The molecule has 0 atom stereocenters. The van der Waals surface area contributed by atoms with Gasteiger partial charge < -0.3 is 20.4 Å². The number of urea groups is 1. The van der Waals surface area contributed by atoms with Crippen molar-refractivity contribution in [3.63, 3.8) is 0 Å². The minimum absolute atomic E-state index is 0.0623. The van der Waals surface area contributed by atoms with E-state index in [2.05, 4.69) is 40.9 Å². The molecule has 0 bridgehead atoms. The number of aromatic amines is 1. The van der Waals surface area contributed by atoms with Crippen molar-refractivity contribution in [1.29, 1.82) is 0 Å². The third-order valence-corrected chi connectivity index (χ3v) is 4.24. The van der Waals surface area contributed by atoms with Crippen LogP contribution in [0.1, 0.15) is 20.8 Å². The maximum atomic E-state index is 14.3. The second kappa shape index (κ2) is 8.41. The quantitative estimate of drug-likeness (QED) is 0.432. The van der Waals surface area contributed by atoms with E-state index in [-0.39, 0.29) is 22.9 Å². The molecule has 2 amide bonds. The van der Waals surface area contributed by atoms with Crippen LogP contribution in [0.3, 0.4) is 0 Å². The van der Waals surface area contributed by atoms with Crippen molar-refractivity contribution in [2.45, 2.75) is 26.3 Å². The first-order chi connectivity index (χ1) is 15.3. The van der Waals surface area contributed by atoms with Crippen molar-refractivity contribution in [3.05, 3.63) is 55.1 Å². The minimum atomic E-state index is -0.622. The fourth-order valence-electron chi connectivity index (χ4n) is 2.68. The Balaban J connectivity index is 1.45. The number of benzene rings is 1. The Hall–Kier alpha value is -4.35. The normalized spacial score (nSPS) is 11.2. The van der Waals surface area contributed by atoms with Crippen LogP contribution in [0.2, 0.25) is 0 Å². The van der Waals surface area contributed by atoms with Gasteiger partial charge in [0.1, 0.15) is 29.9 Å². The number of carbonyl (C=O) groups excluding carboxylic acids is 1. The van der Waals surface area contributed by atoms with Crippen molar-refractivity contribution in [2.75, 3.05) is 10.6 Å². The zero-order chi connectivity index (χ0) is 22.7. The van der Waals surface area contributed by atoms with Gasteiger partial charge in [0.05, 0.1) is 23.1 Å². The Labute approximate surface area is 182 Å². The first-order valence-electron chi connectivity index (χ1n) is 9.57. The van der Waals surface area contributed by atoms with Crippen LogP contribution in [0.4, 0.5) is 20.6 Å². The average molecular weight is 437 g/mol. The number of anilines is 2. The SMILES string of the molecule is CC(C)(C)n1cc(NC(=O)Nc2cc(Oc3cc(-c4nnc[nH]4)ncn3)ccc2F)cn1. The lowest BCUT2D eigenvalue weighted by Crippen LogP contribution is -2.22. The van der Waals surface area contributed by atoms with Crippen LogP contribution < -0.4 is 15.4 Å². The molecule has 4 aromatic rings. The topological polar surface area (TPSA) is 136 Å². The molecule has 0 radical (unpaired) electrons. The van der Waals surface area contributed by atoms with Crippen LogP contribution in [-0.2, 0) is 5.54 Å². The number of aromatic nitrogens is 7. The smallest absolute Gasteiger partial charge is 0.323 e. The molecule has 3 aromatic heterocycles. The molecule has 0 spiro atoms. The summed E-state index contributed by atoms with van der Waals surface area (Å²) in [6.07, 6.45) is 5.94. The van der Waals surface area contributed by atoms with Crippen LogP contribution in [0.15, 0.2) is 49.3 Å². The molecule has 3 N–H and O–H groups in total. The lowest BCUT2D eigenvalue weighted by atomic mass is 10.1. The highest BCUT2D eigenvalue weighted by molar-refractivity contribution is 5.99. The molecule has 32 heavy (non-hydrogen) atoms. The van der Waals surface area contributed by atoms with Gasteiger partial charge in [-0.25, -0.2) is 19.2 Å². The summed E-state index contributed by atoms with van der Waals surface area (Å²) >= 11 is 0. The molecule has 4 rings (SSSR count). The predicted octanol–water partition coefficient (Wildman–Crippen LogP) is 3.79. The Morgan fingerprint density at radius 1 is 1.19 bits per heavy atom. The molecule has 1 aromatic carbocycles. The number of rotatable bonds is 5. The molecular formula is C20H20FN9O2. The highest BCUT2D eigenvalue weighted by atomic mass is 19.1. The fraction of sp³-hybridized carbons (Fsp3) is 0.200. The first-order valence-corrected chi connectivity index (χ1v) is 9.57. The van der Waals surface area contributed by atoms with Gasteiger partial charge in [0.25, 0.3) is 0 Å². The summed E-state index contributed by atoms with van der Waals surface area (Å²) in [5.74, 6) is 0.306. The van der Waals surface area contributed by atoms with Gasteiger partial charge in [-0.2, -0.15) is 5.10 Å². The largest absolute Gasteiger partial charge is 0.439 e. The van der Waals surface area contributed by atoms with Gasteiger partial charge in [0.15, 0.2) is 5.82 Å². The molecule has 0 saturated heterocycles. The van der Waals surface area contributed by atoms with Crippen molar-refractivity contribution in [2.24, 2.45) is 0 Å². The number of carbonyl (C=O) groups is 1. The number of hydrogen-bond acceptors (Lipinski definition) is 7. The summed E-state index contributed by atoms with van der Waals surface area (Å²) in [7, 11) is 0. The summed E-state index contributed by atoms with van der Waals surface area (Å²) in [5.41, 5.74) is 0.657. The highest BCUT2D eigenvalue weighted by Crippen LogP contribution is 2.26. The van der Waals surface area contributed by atoms with Gasteiger partial charge in [0.2, 0.25) is 5.88 Å². The second-order valence-corrected chi connectivity index (χ2v) is 7.75. The zero-order valence-electron chi connectivity index (χ0n) is 17.5. The number of halogens is 1. The lowest BCUT2D eigenvalue weighted by molar-refractivity contribution is 0.262. The first kappa shape index (κ1) is 20.9. The Morgan fingerprint density at radius 2 is 2.03 bits per heavy atom. The van der Waals surface area contributed by atoms with E-state index < -0.39 is 11.8 Å². The molecule has 0 aliphatic carbocycles. The summed E-state index contributed by atoms with van der Waals surface area (Å²) in [6, 6.07) is 4.88. The molecule has 12 heteroatoms. The Bertz CT molecular complexity index is 1230. The molecule has 0 aliphatic rings. The molecule has 3 heterocycles. The lowest BCUT2D eigenvalue weighted by Gasteiger charge is -2.18. The van der Waals surface area contributed by atoms with Gasteiger partial charge in [-0.05, 0) is 32.9 Å². The maximum absolute atomic E-state index is 14.3. The van der Waals surface area contributed by atoms with E-state index in [0.717, 1.165) is 0 Å². The summed E-state index contributed by atoms with van der Waals surface area (Å²) in [4.78, 5) is 23.3. The minimum Gasteiger partial charge on any atom is -0.439 e. The van der Waals surface area contributed by atoms with E-state index >= 15 is 0 Å². The maximum Gasteiger partial charge on any atom is 0.323 e.